The van der Waals surface area contributed by atoms with Gasteiger partial charge in [-0.2, -0.15) is 0 Å². The third-order valence-corrected chi connectivity index (χ3v) is 3.21. The van der Waals surface area contributed by atoms with Crippen LogP contribution in [0.4, 0.5) is 0 Å². The second-order valence-electron chi connectivity index (χ2n) is 5.25. The van der Waals surface area contributed by atoms with Crippen LogP contribution in [0, 0.1) is 0 Å². The number of carbonyl (C=O) groups is 2. The van der Waals surface area contributed by atoms with Crippen molar-refractivity contribution >= 4 is 11.9 Å². The molecule has 1 aromatic carbocycles. The average molecular weight is 331 g/mol. The van der Waals surface area contributed by atoms with E-state index < -0.39 is 35.8 Å². The summed E-state index contributed by atoms with van der Waals surface area (Å²) in [5, 5.41) is 0. The van der Waals surface area contributed by atoms with Gasteiger partial charge in [-0.25, -0.2) is 4.79 Å². The van der Waals surface area contributed by atoms with E-state index in [9.17, 15) is 19.2 Å². The number of hydrogen-bond donors (Lipinski definition) is 1. The summed E-state index contributed by atoms with van der Waals surface area (Å²) in [7, 11) is 3.11. The number of H-pyrrole nitrogens is 1. The van der Waals surface area contributed by atoms with E-state index in [-0.39, 0.29) is 0 Å². The number of aromatic nitrogens is 2. The maximum absolute atomic E-state index is 12.3. The maximum Gasteiger partial charge on any atom is 0.328 e. The van der Waals surface area contributed by atoms with E-state index in [1.807, 2.05) is 4.98 Å². The molecule has 0 saturated carbocycles. The van der Waals surface area contributed by atoms with E-state index in [1.165, 1.54) is 11.1 Å². The monoisotopic (exact) mass is 331 g/mol. The first-order chi connectivity index (χ1) is 11.4. The van der Waals surface area contributed by atoms with Crippen molar-refractivity contribution in [2.75, 3.05) is 14.1 Å². The minimum Gasteiger partial charge on any atom is -0.446 e. The summed E-state index contributed by atoms with van der Waals surface area (Å²) >= 11 is 0. The van der Waals surface area contributed by atoms with Gasteiger partial charge in [-0.05, 0) is 0 Å². The number of carbonyl (C=O) groups excluding carboxylic acids is 2. The number of hydrogen-bond acceptors (Lipinski definition) is 5. The summed E-state index contributed by atoms with van der Waals surface area (Å²) in [5.41, 5.74) is -0.762. The van der Waals surface area contributed by atoms with Crippen molar-refractivity contribution in [3.05, 3.63) is 69.0 Å². The van der Waals surface area contributed by atoms with Gasteiger partial charge in [0.1, 0.15) is 6.54 Å². The Kier molecular flexibility index (Phi) is 5.31. The molecule has 1 N–H and O–H groups in total. The van der Waals surface area contributed by atoms with Crippen LogP contribution in [0.3, 0.4) is 0 Å². The highest BCUT2D eigenvalue weighted by molar-refractivity contribution is 5.84. The number of ether oxygens (including phenoxy) is 1. The fourth-order valence-electron chi connectivity index (χ4n) is 2.00. The molecule has 0 unspecified atom stereocenters. The zero-order valence-corrected chi connectivity index (χ0v) is 13.3. The molecule has 1 amide bonds. The van der Waals surface area contributed by atoms with Crippen molar-refractivity contribution in [1.29, 1.82) is 0 Å². The number of benzene rings is 1. The number of likely N-dealkylation sites (N-methyl/N-ethyl adjacent to an activating group) is 1. The number of esters is 1. The second-order valence-corrected chi connectivity index (χ2v) is 5.25. The topological polar surface area (TPSA) is 101 Å². The van der Waals surface area contributed by atoms with Crippen molar-refractivity contribution in [3.8, 4) is 0 Å². The molecule has 0 aliphatic carbocycles. The van der Waals surface area contributed by atoms with Gasteiger partial charge in [-0.1, -0.05) is 30.3 Å². The van der Waals surface area contributed by atoms with E-state index in [0.717, 1.165) is 10.6 Å². The summed E-state index contributed by atoms with van der Waals surface area (Å²) in [5.74, 6) is -1.17. The molecule has 1 aromatic heterocycles. The molecule has 0 bridgehead atoms. The van der Waals surface area contributed by atoms with Crippen LogP contribution >= 0.6 is 0 Å². The van der Waals surface area contributed by atoms with Gasteiger partial charge in [0.25, 0.3) is 11.5 Å². The lowest BCUT2D eigenvalue weighted by Gasteiger charge is -2.21. The summed E-state index contributed by atoms with van der Waals surface area (Å²) in [4.78, 5) is 50.4. The van der Waals surface area contributed by atoms with Gasteiger partial charge in [-0.15, -0.1) is 0 Å². The molecule has 2 aromatic rings. The van der Waals surface area contributed by atoms with Crippen molar-refractivity contribution in [2.24, 2.45) is 0 Å². The highest BCUT2D eigenvalue weighted by Gasteiger charge is 2.26. The Balaban J connectivity index is 2.20. The lowest BCUT2D eigenvalue weighted by Crippen LogP contribution is -2.34. The van der Waals surface area contributed by atoms with Crippen molar-refractivity contribution < 1.29 is 14.3 Å². The predicted octanol–water partition coefficient (Wildman–Crippen LogP) is -0.0907. The molecule has 0 radical (unpaired) electrons. The molecule has 126 valence electrons. The van der Waals surface area contributed by atoms with Gasteiger partial charge in [0.05, 0.1) is 0 Å². The van der Waals surface area contributed by atoms with Gasteiger partial charge in [0.2, 0.25) is 6.10 Å². The van der Waals surface area contributed by atoms with Gasteiger partial charge in [-0.3, -0.25) is 23.9 Å². The van der Waals surface area contributed by atoms with E-state index >= 15 is 0 Å². The first-order valence-corrected chi connectivity index (χ1v) is 7.14. The van der Waals surface area contributed by atoms with Crippen LogP contribution in [0.25, 0.3) is 0 Å². The molecule has 0 saturated heterocycles. The Labute approximate surface area is 137 Å². The molecule has 1 heterocycles. The van der Waals surface area contributed by atoms with Crippen LogP contribution in [-0.4, -0.2) is 40.4 Å². The highest BCUT2D eigenvalue weighted by Crippen LogP contribution is 2.19. The number of rotatable bonds is 5. The van der Waals surface area contributed by atoms with Crippen LogP contribution in [-0.2, 0) is 20.9 Å². The first-order valence-electron chi connectivity index (χ1n) is 7.14. The predicted molar refractivity (Wildman–Crippen MR) is 85.3 cm³/mol. The minimum absolute atomic E-state index is 0.400. The van der Waals surface area contributed by atoms with E-state index in [1.54, 1.807) is 44.4 Å². The lowest BCUT2D eigenvalue weighted by atomic mass is 10.1. The Morgan fingerprint density at radius 1 is 1.17 bits per heavy atom. The number of nitrogens with one attached hydrogen (secondary N) is 1. The average Bonchev–Trinajstić information content (AvgIpc) is 2.55. The third kappa shape index (κ3) is 4.19. The molecule has 0 fully saturated rings. The molecule has 0 aliphatic rings. The summed E-state index contributed by atoms with van der Waals surface area (Å²) in [6.45, 7) is -0.417. The highest BCUT2D eigenvalue weighted by atomic mass is 16.5. The zero-order valence-electron chi connectivity index (χ0n) is 13.3. The summed E-state index contributed by atoms with van der Waals surface area (Å²) in [6, 6.07) is 9.70. The van der Waals surface area contributed by atoms with Crippen molar-refractivity contribution in [3.63, 3.8) is 0 Å². The smallest absolute Gasteiger partial charge is 0.328 e. The summed E-state index contributed by atoms with van der Waals surface area (Å²) in [6.07, 6.45) is 0.0837. The first kappa shape index (κ1) is 17.2. The van der Waals surface area contributed by atoms with Crippen LogP contribution in [0.1, 0.15) is 11.7 Å². The molecule has 0 spiro atoms. The molecule has 24 heavy (non-hydrogen) atoms. The van der Waals surface area contributed by atoms with Gasteiger partial charge in [0.15, 0.2) is 0 Å². The van der Waals surface area contributed by atoms with Crippen LogP contribution in [0.15, 0.2) is 52.2 Å². The molecule has 8 heteroatoms. The summed E-state index contributed by atoms with van der Waals surface area (Å²) < 4.78 is 6.26. The van der Waals surface area contributed by atoms with Crippen molar-refractivity contribution in [1.82, 2.24) is 14.5 Å². The molecular weight excluding hydrogens is 314 g/mol. The Bertz CT molecular complexity index is 839. The molecule has 2 rings (SSSR count). The lowest BCUT2D eigenvalue weighted by molar-refractivity contribution is -0.160. The van der Waals surface area contributed by atoms with Crippen LogP contribution in [0.5, 0.6) is 0 Å². The van der Waals surface area contributed by atoms with E-state index in [2.05, 4.69) is 0 Å². The Hall–Kier alpha value is -3.16. The largest absolute Gasteiger partial charge is 0.446 e. The maximum atomic E-state index is 12.3. The number of aromatic amines is 1. The quantitative estimate of drug-likeness (QED) is 0.772. The minimum atomic E-state index is -1.10. The van der Waals surface area contributed by atoms with Crippen LogP contribution < -0.4 is 11.2 Å². The normalized spacial score (nSPS) is 11.6. The SMILES string of the molecule is CN(C)C(=O)[C@H](OC(=O)Cn1ccc(=O)[nH]c1=O)c1ccccc1. The van der Waals surface area contributed by atoms with E-state index in [0.29, 0.717) is 5.56 Å². The fraction of sp³-hybridized carbons (Fsp3) is 0.250. The molecule has 8 nitrogen and oxygen atoms in total. The third-order valence-electron chi connectivity index (χ3n) is 3.21. The number of amides is 1. The molecule has 0 aliphatic heterocycles. The van der Waals surface area contributed by atoms with Gasteiger partial charge >= 0.3 is 11.7 Å². The number of nitrogens with zero attached hydrogens (tertiary/aromatic N) is 2. The Morgan fingerprint density at radius 3 is 2.42 bits per heavy atom. The zero-order chi connectivity index (χ0) is 17.7. The molecule has 1 atom stereocenters. The van der Waals surface area contributed by atoms with Crippen molar-refractivity contribution in [2.45, 2.75) is 12.6 Å². The van der Waals surface area contributed by atoms with Gasteiger partial charge in [0, 0.05) is 31.9 Å². The Morgan fingerprint density at radius 2 is 1.83 bits per heavy atom. The van der Waals surface area contributed by atoms with Gasteiger partial charge < -0.3 is 9.64 Å². The molecular formula is C16H17N3O5. The second kappa shape index (κ2) is 7.40. The standard InChI is InChI=1S/C16H17N3O5/c1-18(2)15(22)14(11-6-4-3-5-7-11)24-13(21)10-19-9-8-12(20)17-16(19)23/h3-9,14H,10H2,1-2H3,(H,17,20,23)/t14-/m1/s1. The fourth-order valence-corrected chi connectivity index (χ4v) is 2.00. The van der Waals surface area contributed by atoms with E-state index in [4.69, 9.17) is 4.74 Å². The van der Waals surface area contributed by atoms with Crippen LogP contribution in [0.2, 0.25) is 0 Å².